The van der Waals surface area contributed by atoms with Gasteiger partial charge in [0.1, 0.15) is 11.8 Å². The van der Waals surface area contributed by atoms with E-state index in [9.17, 15) is 45.0 Å². The maximum atomic E-state index is 13.9. The van der Waals surface area contributed by atoms with Crippen LogP contribution in [0.1, 0.15) is 377 Å². The Morgan fingerprint density at radius 1 is 0.377 bits per heavy atom. The molecule has 138 heavy (non-hydrogen) atoms. The van der Waals surface area contributed by atoms with Gasteiger partial charge in [0.05, 0.1) is 46.8 Å². The number of Topliss-reactive ketones (excluding diaryl/α,β-unsaturated/α-hetero) is 1. The SMILES string of the molecule is C[C@]12CC=CCC1CCC1C2CC[C@@]2(C)C1CC[C@]2(C)O.C[C@]12CC=CCC1CCC1C2CC[C@]2(C)C(=O)CCC12.C[C@]12C[C@H](N3CCN(C(=O)[C@@H]4CCCN4C(=O)c4ccc5ccccc5c4)CC3)[C@@H](O)CC1CCC1C2CC[C@@]2(C)C1CC[C@]2(C)O.C[C@]12C[C@H](N3CCNCC3)[C@@H](O)CC1CCC1C2CC[C@@]2(C)C1CC[C@]2(C)O.C[C@]12C[C@H]3O[C@H]3CC1CCC1C2CC[C@@]2(C)C1CC[C@]2(C)O. The van der Waals surface area contributed by atoms with Crippen molar-refractivity contribution >= 4 is 28.4 Å². The fourth-order valence-electron chi connectivity index (χ4n) is 42.5. The number of epoxide rings is 1. The zero-order valence-corrected chi connectivity index (χ0v) is 88.6. The van der Waals surface area contributed by atoms with Crippen LogP contribution in [0.2, 0.25) is 0 Å². The summed E-state index contributed by atoms with van der Waals surface area (Å²) in [6.45, 7) is 40.9. The second kappa shape index (κ2) is 35.8. The average molecular weight is 1900 g/mol. The molecule has 0 bridgehead atoms. The second-order valence-electron chi connectivity index (χ2n) is 56.8. The first-order valence-corrected chi connectivity index (χ1v) is 58.6. The first kappa shape index (κ1) is 99.0. The summed E-state index contributed by atoms with van der Waals surface area (Å²) in [6.07, 6.45) is 61.0. The van der Waals surface area contributed by atoms with E-state index in [1.165, 1.54) is 193 Å². The van der Waals surface area contributed by atoms with Crippen LogP contribution < -0.4 is 5.32 Å². The molecule has 18 saturated carbocycles. The van der Waals surface area contributed by atoms with Gasteiger partial charge in [0.15, 0.2) is 0 Å². The number of nitrogens with zero attached hydrogens (tertiary/aromatic N) is 4. The third-order valence-electron chi connectivity index (χ3n) is 52.2. The van der Waals surface area contributed by atoms with E-state index in [2.05, 4.69) is 142 Å². The molecule has 4 saturated heterocycles. The van der Waals surface area contributed by atoms with E-state index in [0.717, 1.165) is 204 Å². The minimum atomic E-state index is -0.554. The van der Waals surface area contributed by atoms with E-state index in [4.69, 9.17) is 4.74 Å². The molecular weight excluding hydrogens is 1710 g/mol. The van der Waals surface area contributed by atoms with Crippen LogP contribution in [-0.4, -0.2) is 192 Å². The van der Waals surface area contributed by atoms with E-state index in [1.807, 2.05) is 46.2 Å². The number of hydrogen-bond acceptors (Lipinski definition) is 13. The van der Waals surface area contributed by atoms with Crippen LogP contribution in [0.4, 0.5) is 0 Å². The normalized spacial score (nSPS) is 53.4. The van der Waals surface area contributed by atoms with Gasteiger partial charge in [-0.05, 0) is 481 Å². The van der Waals surface area contributed by atoms with E-state index in [-0.39, 0.29) is 62.6 Å². The van der Waals surface area contributed by atoms with Gasteiger partial charge in [-0.1, -0.05) is 124 Å². The predicted molar refractivity (Wildman–Crippen MR) is 550 cm³/mol. The van der Waals surface area contributed by atoms with Gasteiger partial charge in [0.25, 0.3) is 5.91 Å². The lowest BCUT2D eigenvalue weighted by Crippen LogP contribution is -2.63. The van der Waals surface area contributed by atoms with Crippen molar-refractivity contribution in [1.82, 2.24) is 24.9 Å². The van der Waals surface area contributed by atoms with E-state index in [1.54, 1.807) is 0 Å². The van der Waals surface area contributed by atoms with Crippen molar-refractivity contribution in [2.45, 2.75) is 432 Å². The van der Waals surface area contributed by atoms with Crippen LogP contribution in [0, 0.1) is 173 Å². The molecule has 0 radical (unpaired) electrons. The molecule has 41 atom stereocenters. The Balaban J connectivity index is 0.000000104. The Hall–Kier alpha value is -3.61. The highest BCUT2D eigenvalue weighted by Gasteiger charge is 2.71. The standard InChI is InChI=1S/C40H55N3O4.C24H42N2O2.C20H32O2.C20H32O.C19H28O/c1-38-25-34(35(44)24-29(38)12-13-30-31(38)14-16-39(2)32(30)15-17-40(39,3)47)41-19-21-42(22-20-41)37(46)33-9-6-18-43(33)36(45)28-11-10-26-7-4-5-8-27(26)23-28;1-22-15-20(26-12-10-25-11-13-26)21(27)14-16(22)4-5-17-18(22)6-8-23(2)19(17)7-9-24(23,3)28;1-18-11-17-16(22-17)10-12(18)4-5-13-14(18)6-8-19(2)15(13)7-9-20(19,3)21;1-18-11-5-4-6-14(18)7-8-15-16(18)9-12-19(2)17(15)10-13-20(19,3)21;1-18-11-4-3-5-13(18)6-7-14-15-8-9-17(20)19(15,2)12-10-16(14)18/h4-5,7-8,10-11,23,29-35,44,47H,6,9,12-22,24-25H2,1-3H3;16-21,25,27-28H,4-15H2,1-3H3;12-17,21H,4-11H2,1-3H3;4-5,14-17,21H,6-13H2,1-3H3;3-4,13-16H,5-12H2,1-2H3/t29?,30?,31?,32?,33-,34-,35-,38-,39-,40-;16?,17?,18?,19?,20-,21-,22-,23-,24-;12?,13?,14?,15?,16-,17+,18-,19-,20-;14?,15?,16?,17?,18-,19-,20-;13?,14?,15?,16?,18-,19-/m00000/s1. The summed E-state index contributed by atoms with van der Waals surface area (Å²) in [5, 5.41) is 72.6. The average Bonchev–Trinajstić information content (AvgIpc) is 1.56. The van der Waals surface area contributed by atoms with Crippen molar-refractivity contribution in [3.05, 3.63) is 72.3 Å². The highest BCUT2D eigenvalue weighted by molar-refractivity contribution is 6.01. The number of aliphatic hydroxyl groups excluding tert-OH is 2. The zero-order chi connectivity index (χ0) is 96.6. The Morgan fingerprint density at radius 3 is 1.24 bits per heavy atom. The predicted octanol–water partition coefficient (Wildman–Crippen LogP) is 22.6. The van der Waals surface area contributed by atoms with Crippen molar-refractivity contribution in [1.29, 1.82) is 0 Å². The lowest BCUT2D eigenvalue weighted by Gasteiger charge is -2.63. The van der Waals surface area contributed by atoms with Gasteiger partial charge < -0.3 is 50.5 Å². The summed E-state index contributed by atoms with van der Waals surface area (Å²) in [7, 11) is 0. The summed E-state index contributed by atoms with van der Waals surface area (Å²) in [5.41, 5.74) is 1.50. The number of aliphatic hydroxyl groups is 6. The molecule has 2 aromatic carbocycles. The smallest absolute Gasteiger partial charge is 0.254 e. The number of amides is 2. The zero-order valence-electron chi connectivity index (χ0n) is 88.6. The number of fused-ring (bicyclic) bond motifs is 27. The van der Waals surface area contributed by atoms with Gasteiger partial charge in [-0.15, -0.1) is 0 Å². The van der Waals surface area contributed by atoms with Crippen LogP contribution in [0.5, 0.6) is 0 Å². The third kappa shape index (κ3) is 15.7. The summed E-state index contributed by atoms with van der Waals surface area (Å²) < 4.78 is 5.91. The van der Waals surface area contributed by atoms with Crippen molar-refractivity contribution in [3.63, 3.8) is 0 Å². The third-order valence-corrected chi connectivity index (χ3v) is 52.2. The van der Waals surface area contributed by atoms with Crippen molar-refractivity contribution in [3.8, 4) is 0 Å². The second-order valence-corrected chi connectivity index (χ2v) is 56.8. The Labute approximate surface area is 833 Å². The largest absolute Gasteiger partial charge is 0.391 e. The Morgan fingerprint density at radius 2 is 0.775 bits per heavy atom. The quantitative estimate of drug-likeness (QED) is 0.112. The molecule has 4 heterocycles. The molecule has 766 valence electrons. The van der Waals surface area contributed by atoms with Gasteiger partial charge in [-0.3, -0.25) is 24.2 Å². The molecule has 15 heteroatoms. The highest BCUT2D eigenvalue weighted by atomic mass is 16.6. The number of likely N-dealkylation sites (tertiary alicyclic amines) is 1. The van der Waals surface area contributed by atoms with Crippen LogP contribution in [0.3, 0.4) is 0 Å². The lowest BCUT2D eigenvalue weighted by atomic mass is 9.44. The van der Waals surface area contributed by atoms with E-state index in [0.29, 0.717) is 112 Å². The lowest BCUT2D eigenvalue weighted by molar-refractivity contribution is -0.168. The summed E-state index contributed by atoms with van der Waals surface area (Å²) in [6, 6.07) is 14.0. The van der Waals surface area contributed by atoms with Crippen molar-refractivity contribution in [2.24, 2.45) is 173 Å². The first-order chi connectivity index (χ1) is 65.6. The van der Waals surface area contributed by atoms with Crippen molar-refractivity contribution in [2.75, 3.05) is 58.9 Å². The monoisotopic (exact) mass is 1900 g/mol. The minimum Gasteiger partial charge on any atom is -0.391 e. The molecule has 2 aromatic rings. The summed E-state index contributed by atoms with van der Waals surface area (Å²) in [4.78, 5) is 48.8. The minimum absolute atomic E-state index is 0.0306. The topological polar surface area (TPSA) is 210 Å². The van der Waals surface area contributed by atoms with Crippen LogP contribution in [0.25, 0.3) is 10.8 Å². The van der Waals surface area contributed by atoms with Gasteiger partial charge in [0, 0.05) is 88.4 Å². The van der Waals surface area contributed by atoms with Crippen LogP contribution >= 0.6 is 0 Å². The number of carbonyl (C=O) groups excluding carboxylic acids is 3. The molecule has 26 rings (SSSR count). The van der Waals surface area contributed by atoms with E-state index >= 15 is 0 Å². The molecule has 0 aromatic heterocycles. The molecule has 20 aliphatic carbocycles. The molecule has 15 nitrogen and oxygen atoms in total. The molecule has 20 unspecified atom stereocenters. The van der Waals surface area contributed by atoms with Crippen molar-refractivity contribution < 1.29 is 49.8 Å². The van der Waals surface area contributed by atoms with E-state index < -0.39 is 28.4 Å². The number of hydrogen-bond donors (Lipinski definition) is 7. The summed E-state index contributed by atoms with van der Waals surface area (Å²) >= 11 is 0. The number of benzene rings is 2. The fourth-order valence-corrected chi connectivity index (χ4v) is 42.5. The molecule has 22 fully saturated rings. The number of nitrogens with one attached hydrogen (secondary N) is 1. The molecule has 4 aliphatic heterocycles. The van der Waals surface area contributed by atoms with Gasteiger partial charge in [0.2, 0.25) is 5.91 Å². The number of ketones is 1. The maximum Gasteiger partial charge on any atom is 0.254 e. The van der Waals surface area contributed by atoms with Gasteiger partial charge in [-0.2, -0.15) is 0 Å². The number of carbonyl (C=O) groups is 3. The number of ether oxygens (including phenoxy) is 1. The van der Waals surface area contributed by atoms with Gasteiger partial charge in [-0.25, -0.2) is 0 Å². The number of allylic oxidation sites excluding steroid dienone is 4. The Bertz CT molecular complexity index is 4870. The fraction of sp³-hybridized carbons (Fsp3) is 0.862. The molecular formula is C123H189N5O10. The highest BCUT2D eigenvalue weighted by Crippen LogP contribution is 2.75. The molecule has 7 N–H and O–H groups in total. The van der Waals surface area contributed by atoms with Crippen LogP contribution in [-0.2, 0) is 14.3 Å². The number of piperazine rings is 2. The van der Waals surface area contributed by atoms with Crippen LogP contribution in [0.15, 0.2) is 66.8 Å². The molecule has 0 spiro atoms. The Kier molecular flexibility index (Phi) is 25.7. The van der Waals surface area contributed by atoms with Gasteiger partial charge >= 0.3 is 0 Å². The number of rotatable bonds is 4. The molecule has 2 amide bonds. The first-order valence-electron chi connectivity index (χ1n) is 58.6. The summed E-state index contributed by atoms with van der Waals surface area (Å²) in [5.74, 6) is 16.4. The molecule has 24 aliphatic rings. The maximum absolute atomic E-state index is 13.9.